The third-order valence-electron chi connectivity index (χ3n) is 4.58. The minimum absolute atomic E-state index is 0.211. The smallest absolute Gasteiger partial charge is 0.257 e. The minimum Gasteiger partial charge on any atom is -0.369 e. The van der Waals surface area contributed by atoms with Crippen LogP contribution >= 0.6 is 0 Å². The zero-order valence-electron chi connectivity index (χ0n) is 14.6. The van der Waals surface area contributed by atoms with Crippen LogP contribution in [0.25, 0.3) is 11.2 Å². The van der Waals surface area contributed by atoms with Crippen LogP contribution in [0.15, 0.2) is 48.9 Å². The fourth-order valence-corrected chi connectivity index (χ4v) is 3.01. The van der Waals surface area contributed by atoms with Gasteiger partial charge in [0.15, 0.2) is 5.65 Å². The molecule has 0 spiro atoms. The molecule has 3 aromatic rings. The second-order valence-electron chi connectivity index (χ2n) is 6.41. The number of pyridine rings is 1. The van der Waals surface area contributed by atoms with E-state index in [2.05, 4.69) is 37.1 Å². The lowest BCUT2D eigenvalue weighted by Gasteiger charge is -2.34. The van der Waals surface area contributed by atoms with Crippen LogP contribution in [0, 0.1) is 0 Å². The molecule has 132 valence electrons. The van der Waals surface area contributed by atoms with Crippen molar-refractivity contribution in [1.29, 1.82) is 0 Å². The summed E-state index contributed by atoms with van der Waals surface area (Å²) in [5.41, 5.74) is 3.53. The van der Waals surface area contributed by atoms with E-state index >= 15 is 0 Å². The Morgan fingerprint density at radius 1 is 1.00 bits per heavy atom. The molecule has 1 amide bonds. The molecule has 4 rings (SSSR count). The Morgan fingerprint density at radius 2 is 1.73 bits per heavy atom. The summed E-state index contributed by atoms with van der Waals surface area (Å²) < 4.78 is 0. The number of aromatic nitrogens is 3. The molecule has 0 aliphatic carbocycles. The van der Waals surface area contributed by atoms with Crippen LogP contribution in [0.2, 0.25) is 0 Å². The first kappa shape index (κ1) is 16.4. The molecule has 1 fully saturated rings. The number of rotatable bonds is 3. The summed E-state index contributed by atoms with van der Waals surface area (Å²) in [5, 5.41) is 2.91. The molecule has 0 unspecified atom stereocenters. The largest absolute Gasteiger partial charge is 0.369 e. The molecule has 1 N–H and O–H groups in total. The van der Waals surface area contributed by atoms with E-state index in [1.807, 2.05) is 24.3 Å². The highest BCUT2D eigenvalue weighted by Gasteiger charge is 2.14. The quantitative estimate of drug-likeness (QED) is 0.781. The predicted molar refractivity (Wildman–Crippen MR) is 101 cm³/mol. The van der Waals surface area contributed by atoms with Crippen molar-refractivity contribution in [3.05, 3.63) is 54.5 Å². The number of anilines is 2. The molecule has 3 heterocycles. The van der Waals surface area contributed by atoms with E-state index < -0.39 is 0 Å². The predicted octanol–water partition coefficient (Wildman–Crippen LogP) is 2.03. The maximum Gasteiger partial charge on any atom is 0.257 e. The summed E-state index contributed by atoms with van der Waals surface area (Å²) in [4.78, 5) is 29.6. The molecule has 0 atom stereocenters. The molecule has 26 heavy (non-hydrogen) atoms. The van der Waals surface area contributed by atoms with Gasteiger partial charge >= 0.3 is 0 Å². The summed E-state index contributed by atoms with van der Waals surface area (Å²) >= 11 is 0. The van der Waals surface area contributed by atoms with Crippen LogP contribution in [0.3, 0.4) is 0 Å². The molecule has 7 nitrogen and oxygen atoms in total. The van der Waals surface area contributed by atoms with Gasteiger partial charge in [0.2, 0.25) is 0 Å². The Balaban J connectivity index is 1.45. The first-order valence-corrected chi connectivity index (χ1v) is 8.61. The van der Waals surface area contributed by atoms with Gasteiger partial charge in [-0.05, 0) is 37.4 Å². The summed E-state index contributed by atoms with van der Waals surface area (Å²) in [6.07, 6.45) is 4.69. The minimum atomic E-state index is -0.211. The lowest BCUT2D eigenvalue weighted by atomic mass is 10.2. The molecule has 2 aromatic heterocycles. The number of carbonyl (C=O) groups is 1. The van der Waals surface area contributed by atoms with Crippen molar-refractivity contribution in [2.45, 2.75) is 0 Å². The highest BCUT2D eigenvalue weighted by molar-refractivity contribution is 6.05. The number of likely N-dealkylation sites (N-methyl/N-ethyl adjacent to an activating group) is 1. The Labute approximate surface area is 151 Å². The van der Waals surface area contributed by atoms with Gasteiger partial charge in [0.1, 0.15) is 5.52 Å². The Kier molecular flexibility index (Phi) is 4.45. The van der Waals surface area contributed by atoms with Gasteiger partial charge in [-0.3, -0.25) is 9.78 Å². The zero-order valence-corrected chi connectivity index (χ0v) is 14.6. The van der Waals surface area contributed by atoms with E-state index in [-0.39, 0.29) is 5.91 Å². The van der Waals surface area contributed by atoms with Gasteiger partial charge in [0.25, 0.3) is 5.91 Å². The van der Waals surface area contributed by atoms with E-state index in [0.717, 1.165) is 31.9 Å². The molecule has 0 saturated carbocycles. The van der Waals surface area contributed by atoms with Gasteiger partial charge < -0.3 is 15.1 Å². The maximum atomic E-state index is 12.5. The highest BCUT2D eigenvalue weighted by Crippen LogP contribution is 2.20. The highest BCUT2D eigenvalue weighted by atomic mass is 16.1. The van der Waals surface area contributed by atoms with Gasteiger partial charge in [-0.25, -0.2) is 9.97 Å². The lowest BCUT2D eigenvalue weighted by Crippen LogP contribution is -2.44. The zero-order chi connectivity index (χ0) is 17.9. The normalized spacial score (nSPS) is 15.2. The van der Waals surface area contributed by atoms with Crippen molar-refractivity contribution < 1.29 is 4.79 Å². The third kappa shape index (κ3) is 3.48. The first-order valence-electron chi connectivity index (χ1n) is 8.61. The van der Waals surface area contributed by atoms with Crippen molar-refractivity contribution in [2.24, 2.45) is 0 Å². The average Bonchev–Trinajstić information content (AvgIpc) is 2.69. The Bertz CT molecular complexity index is 919. The number of benzene rings is 1. The fourth-order valence-electron chi connectivity index (χ4n) is 3.01. The average molecular weight is 348 g/mol. The van der Waals surface area contributed by atoms with Crippen molar-refractivity contribution >= 4 is 28.4 Å². The second kappa shape index (κ2) is 7.05. The van der Waals surface area contributed by atoms with Crippen molar-refractivity contribution in [3.8, 4) is 0 Å². The monoisotopic (exact) mass is 348 g/mol. The standard InChI is InChI=1S/C19H20N6O/c1-24-8-10-25(11-9-24)16-4-2-15(3-5-16)23-19(26)14-12-17-18(22-13-14)21-7-6-20-17/h2-7,12-13H,8-11H2,1H3,(H,23,26). The summed E-state index contributed by atoms with van der Waals surface area (Å²) in [6.45, 7) is 4.17. The summed E-state index contributed by atoms with van der Waals surface area (Å²) in [5.74, 6) is -0.211. The Hall–Kier alpha value is -3.06. The van der Waals surface area contributed by atoms with E-state index in [4.69, 9.17) is 0 Å². The van der Waals surface area contributed by atoms with Crippen molar-refractivity contribution in [1.82, 2.24) is 19.9 Å². The van der Waals surface area contributed by atoms with Crippen LogP contribution in [0.5, 0.6) is 0 Å². The van der Waals surface area contributed by atoms with E-state index in [9.17, 15) is 4.79 Å². The van der Waals surface area contributed by atoms with Gasteiger partial charge in [-0.1, -0.05) is 0 Å². The number of nitrogens with zero attached hydrogens (tertiary/aromatic N) is 5. The number of hydrogen-bond donors (Lipinski definition) is 1. The molecule has 0 bridgehead atoms. The molecule has 1 saturated heterocycles. The van der Waals surface area contributed by atoms with Crippen molar-refractivity contribution in [3.63, 3.8) is 0 Å². The van der Waals surface area contributed by atoms with Gasteiger partial charge in [0.05, 0.1) is 5.56 Å². The molecular formula is C19H20N6O. The van der Waals surface area contributed by atoms with Gasteiger partial charge in [0, 0.05) is 56.1 Å². The van der Waals surface area contributed by atoms with Crippen molar-refractivity contribution in [2.75, 3.05) is 43.4 Å². The molecule has 1 aliphatic rings. The Morgan fingerprint density at radius 3 is 2.50 bits per heavy atom. The number of amides is 1. The van der Waals surface area contributed by atoms with Gasteiger partial charge in [-0.15, -0.1) is 0 Å². The van der Waals surface area contributed by atoms with E-state index in [1.165, 1.54) is 11.9 Å². The third-order valence-corrected chi connectivity index (χ3v) is 4.58. The van der Waals surface area contributed by atoms with E-state index in [0.29, 0.717) is 16.7 Å². The second-order valence-corrected chi connectivity index (χ2v) is 6.41. The SMILES string of the molecule is CN1CCN(c2ccc(NC(=O)c3cnc4nccnc4c3)cc2)CC1. The van der Waals surface area contributed by atoms with Crippen LogP contribution in [-0.4, -0.2) is 59.0 Å². The number of carbonyl (C=O) groups excluding carboxylic acids is 1. The van der Waals surface area contributed by atoms with E-state index in [1.54, 1.807) is 18.5 Å². The molecular weight excluding hydrogens is 328 g/mol. The molecule has 7 heteroatoms. The number of piperazine rings is 1. The lowest BCUT2D eigenvalue weighted by molar-refractivity contribution is 0.102. The first-order chi connectivity index (χ1) is 12.7. The topological polar surface area (TPSA) is 74.2 Å². The summed E-state index contributed by atoms with van der Waals surface area (Å²) in [7, 11) is 2.14. The number of fused-ring (bicyclic) bond motifs is 1. The van der Waals surface area contributed by atoms with Crippen LogP contribution in [0.1, 0.15) is 10.4 Å². The van der Waals surface area contributed by atoms with Gasteiger partial charge in [-0.2, -0.15) is 0 Å². The maximum absolute atomic E-state index is 12.5. The van der Waals surface area contributed by atoms with Crippen LogP contribution in [0.4, 0.5) is 11.4 Å². The summed E-state index contributed by atoms with van der Waals surface area (Å²) in [6, 6.07) is 9.65. The molecule has 1 aromatic carbocycles. The fraction of sp³-hybridized carbons (Fsp3) is 0.263. The number of hydrogen-bond acceptors (Lipinski definition) is 6. The molecule has 1 aliphatic heterocycles. The van der Waals surface area contributed by atoms with Crippen LogP contribution in [-0.2, 0) is 0 Å². The molecule has 0 radical (unpaired) electrons. The van der Waals surface area contributed by atoms with Crippen LogP contribution < -0.4 is 10.2 Å². The number of nitrogens with one attached hydrogen (secondary N) is 1.